The summed E-state index contributed by atoms with van der Waals surface area (Å²) < 4.78 is 72.5. The van der Waals surface area contributed by atoms with Crippen LogP contribution in [0.15, 0.2) is 47.1 Å². The van der Waals surface area contributed by atoms with Crippen LogP contribution in [0, 0.1) is 0 Å². The number of anilines is 2. The van der Waals surface area contributed by atoms with Crippen LogP contribution in [-0.4, -0.2) is 52.1 Å². The first kappa shape index (κ1) is 22.4. The van der Waals surface area contributed by atoms with E-state index >= 15 is 0 Å². The van der Waals surface area contributed by atoms with Crippen molar-refractivity contribution in [2.75, 3.05) is 36.8 Å². The number of rotatable bonds is 7. The van der Waals surface area contributed by atoms with Crippen molar-refractivity contribution in [2.24, 2.45) is 0 Å². The van der Waals surface area contributed by atoms with Gasteiger partial charge in [0.2, 0.25) is 0 Å². The summed E-state index contributed by atoms with van der Waals surface area (Å²) in [6, 6.07) is 7.57. The predicted octanol–water partition coefficient (Wildman–Crippen LogP) is 3.36. The molecule has 1 unspecified atom stereocenters. The molecule has 1 atom stereocenters. The van der Waals surface area contributed by atoms with Crippen molar-refractivity contribution in [3.63, 3.8) is 0 Å². The fraction of sp³-hybridized carbons (Fsp3) is 0.474. The largest absolute Gasteiger partial charge is 0.467 e. The van der Waals surface area contributed by atoms with Gasteiger partial charge in [-0.15, -0.1) is 0 Å². The molecule has 0 aliphatic carbocycles. The molecule has 0 amide bonds. The first-order valence-corrected chi connectivity index (χ1v) is 10.9. The number of nitrogens with zero attached hydrogens (tertiary/aromatic N) is 2. The Bertz CT molecular complexity index is 908. The van der Waals surface area contributed by atoms with Crippen LogP contribution in [0.5, 0.6) is 0 Å². The minimum atomic E-state index is -4.44. The molecule has 166 valence electrons. The van der Waals surface area contributed by atoms with Crippen LogP contribution < -0.4 is 14.9 Å². The lowest BCUT2D eigenvalue weighted by atomic mass is 10.0. The van der Waals surface area contributed by atoms with Crippen molar-refractivity contribution in [3.05, 3.63) is 48.4 Å². The lowest BCUT2D eigenvalue weighted by molar-refractivity contribution is -0.163. The van der Waals surface area contributed by atoms with E-state index in [9.17, 15) is 21.6 Å². The molecule has 11 heteroatoms. The minimum Gasteiger partial charge on any atom is -0.467 e. The first-order chi connectivity index (χ1) is 14.1. The van der Waals surface area contributed by atoms with Gasteiger partial charge in [-0.2, -0.15) is 25.9 Å². The quantitative estimate of drug-likeness (QED) is 0.682. The molecular formula is C19H25F3N4O3S. The first-order valence-electron chi connectivity index (χ1n) is 9.48. The van der Waals surface area contributed by atoms with Gasteiger partial charge in [-0.25, -0.2) is 0 Å². The second kappa shape index (κ2) is 8.86. The van der Waals surface area contributed by atoms with Gasteiger partial charge in [0.15, 0.2) is 6.04 Å². The maximum atomic E-state index is 13.4. The van der Waals surface area contributed by atoms with Crippen molar-refractivity contribution in [2.45, 2.75) is 31.1 Å². The second-order valence-corrected chi connectivity index (χ2v) is 9.24. The van der Waals surface area contributed by atoms with Gasteiger partial charge in [0.05, 0.1) is 6.26 Å². The van der Waals surface area contributed by atoms with Gasteiger partial charge in [0.1, 0.15) is 5.76 Å². The molecule has 1 aliphatic rings. The topological polar surface area (TPSA) is 77.8 Å². The van der Waals surface area contributed by atoms with Crippen LogP contribution in [0.1, 0.15) is 24.6 Å². The van der Waals surface area contributed by atoms with Crippen molar-refractivity contribution in [3.8, 4) is 0 Å². The van der Waals surface area contributed by atoms with Crippen molar-refractivity contribution >= 4 is 21.6 Å². The van der Waals surface area contributed by atoms with Gasteiger partial charge in [-0.3, -0.25) is 10.0 Å². The van der Waals surface area contributed by atoms with Crippen molar-refractivity contribution in [1.29, 1.82) is 0 Å². The Morgan fingerprint density at radius 2 is 1.77 bits per heavy atom. The van der Waals surface area contributed by atoms with Gasteiger partial charge in [-0.1, -0.05) is 0 Å². The molecule has 7 nitrogen and oxygen atoms in total. The summed E-state index contributed by atoms with van der Waals surface area (Å²) in [5, 5.41) is 2.69. The molecule has 2 heterocycles. The van der Waals surface area contributed by atoms with Crippen LogP contribution >= 0.6 is 0 Å². The summed E-state index contributed by atoms with van der Waals surface area (Å²) in [5.41, 5.74) is 1.33. The molecule has 0 radical (unpaired) electrons. The Labute approximate surface area is 174 Å². The van der Waals surface area contributed by atoms with Crippen molar-refractivity contribution < 1.29 is 26.0 Å². The molecule has 2 N–H and O–H groups in total. The smallest absolute Gasteiger partial charge is 0.411 e. The average molecular weight is 446 g/mol. The summed E-state index contributed by atoms with van der Waals surface area (Å²) in [7, 11) is -0.707. The second-order valence-electron chi connectivity index (χ2n) is 7.35. The van der Waals surface area contributed by atoms with Crippen LogP contribution in [0.25, 0.3) is 0 Å². The molecule has 1 fully saturated rings. The van der Waals surface area contributed by atoms with Gasteiger partial charge in [-0.05, 0) is 49.2 Å². The fourth-order valence-electron chi connectivity index (χ4n) is 3.31. The van der Waals surface area contributed by atoms with E-state index in [1.165, 1.54) is 32.5 Å². The molecule has 1 aliphatic heterocycles. The molecule has 1 aromatic carbocycles. The molecule has 0 bridgehead atoms. The third-order valence-electron chi connectivity index (χ3n) is 5.01. The Kier molecular flexibility index (Phi) is 6.63. The van der Waals surface area contributed by atoms with Gasteiger partial charge in [0.25, 0.3) is 0 Å². The minimum absolute atomic E-state index is 0.138. The van der Waals surface area contributed by atoms with Crippen molar-refractivity contribution in [1.82, 2.24) is 9.62 Å². The van der Waals surface area contributed by atoms with Crippen LogP contribution in [0.4, 0.5) is 24.5 Å². The summed E-state index contributed by atoms with van der Waals surface area (Å²) >= 11 is 0. The Morgan fingerprint density at radius 1 is 1.13 bits per heavy atom. The molecule has 30 heavy (non-hydrogen) atoms. The molecule has 0 spiro atoms. The predicted molar refractivity (Wildman–Crippen MR) is 109 cm³/mol. The van der Waals surface area contributed by atoms with Gasteiger partial charge < -0.3 is 9.32 Å². The lowest BCUT2D eigenvalue weighted by Gasteiger charge is -2.36. The monoisotopic (exact) mass is 446 g/mol. The van der Waals surface area contributed by atoms with Crippen LogP contribution in [0.3, 0.4) is 0 Å². The van der Waals surface area contributed by atoms with E-state index in [4.69, 9.17) is 4.42 Å². The molecule has 1 saturated heterocycles. The highest BCUT2D eigenvalue weighted by Crippen LogP contribution is 2.34. The zero-order chi connectivity index (χ0) is 21.9. The van der Waals surface area contributed by atoms with E-state index in [0.717, 1.165) is 9.99 Å². The zero-order valence-corrected chi connectivity index (χ0v) is 17.5. The summed E-state index contributed by atoms with van der Waals surface area (Å²) in [4.78, 5) is 2.07. The molecule has 2 aromatic rings. The van der Waals surface area contributed by atoms with Crippen LogP contribution in [0.2, 0.25) is 0 Å². The fourth-order valence-corrected chi connectivity index (χ4v) is 3.93. The number of furan rings is 1. The Balaban J connectivity index is 1.57. The number of nitrogens with one attached hydrogen (secondary N) is 2. The highest BCUT2D eigenvalue weighted by molar-refractivity contribution is 7.90. The number of piperidine rings is 1. The van der Waals surface area contributed by atoms with E-state index in [1.54, 1.807) is 24.3 Å². The number of benzene rings is 1. The van der Waals surface area contributed by atoms with E-state index in [-0.39, 0.29) is 11.8 Å². The highest BCUT2D eigenvalue weighted by Gasteiger charge is 2.44. The molecule has 3 rings (SSSR count). The van der Waals surface area contributed by atoms with Gasteiger partial charge in [0, 0.05) is 44.6 Å². The van der Waals surface area contributed by atoms with E-state index < -0.39 is 22.4 Å². The maximum absolute atomic E-state index is 13.4. The summed E-state index contributed by atoms with van der Waals surface area (Å²) in [5.74, 6) is -0.138. The molecule has 0 saturated carbocycles. The average Bonchev–Trinajstić information content (AvgIpc) is 3.20. The maximum Gasteiger partial charge on any atom is 0.411 e. The number of halogens is 3. The third-order valence-corrected chi connectivity index (χ3v) is 6.47. The third kappa shape index (κ3) is 5.46. The van der Waals surface area contributed by atoms with E-state index in [2.05, 4.69) is 14.9 Å². The normalized spacial score (nSPS) is 17.3. The highest BCUT2D eigenvalue weighted by atomic mass is 32.2. The van der Waals surface area contributed by atoms with Crippen LogP contribution in [-0.2, 0) is 10.2 Å². The van der Waals surface area contributed by atoms with E-state index in [0.29, 0.717) is 31.6 Å². The number of hydrogen-bond donors (Lipinski definition) is 2. The summed E-state index contributed by atoms with van der Waals surface area (Å²) in [6.45, 7) is 1.17. The lowest BCUT2D eigenvalue weighted by Crippen LogP contribution is -2.46. The standard InChI is InChI=1S/C19H25F3N4O3S/c1-25(2)30(27,28)24-15-5-7-16(8-6-15)26-11-9-14(10-12-26)23-18(19(20,21)22)17-4-3-13-29-17/h3-8,13-14,18,23-24H,9-12H2,1-2H3. The SMILES string of the molecule is CN(C)S(=O)(=O)Nc1ccc(N2CCC(NC(c3ccco3)C(F)(F)F)CC2)cc1. The van der Waals surface area contributed by atoms with Gasteiger partial charge >= 0.3 is 16.4 Å². The Hall–Kier alpha value is -2.24. The van der Waals surface area contributed by atoms with E-state index in [1.807, 2.05) is 0 Å². The summed E-state index contributed by atoms with van der Waals surface area (Å²) in [6.07, 6.45) is -2.12. The molecular weight excluding hydrogens is 421 g/mol. The Morgan fingerprint density at radius 3 is 2.27 bits per heavy atom. The number of hydrogen-bond acceptors (Lipinski definition) is 5. The number of alkyl halides is 3. The molecule has 1 aromatic heterocycles. The zero-order valence-electron chi connectivity index (χ0n) is 16.7.